The summed E-state index contributed by atoms with van der Waals surface area (Å²) in [6.07, 6.45) is 10.9. The lowest BCUT2D eigenvalue weighted by atomic mass is 10.00. The van der Waals surface area contributed by atoms with Gasteiger partial charge in [0.15, 0.2) is 0 Å². The lowest BCUT2D eigenvalue weighted by Crippen LogP contribution is -2.14. The van der Waals surface area contributed by atoms with Crippen LogP contribution in [0.25, 0.3) is 0 Å². The van der Waals surface area contributed by atoms with E-state index in [1.54, 1.807) is 25.7 Å². The minimum Gasteiger partial charge on any atom is -0.116 e. The van der Waals surface area contributed by atoms with Crippen LogP contribution in [-0.2, 0) is 0 Å². The minimum absolute atomic E-state index is 1.17. The van der Waals surface area contributed by atoms with Crippen LogP contribution in [0.4, 0.5) is 0 Å². The Morgan fingerprint density at radius 3 is 1.60 bits per heavy atom. The van der Waals surface area contributed by atoms with Gasteiger partial charge in [-0.15, -0.1) is 8.58 Å². The molecule has 0 heterocycles. The molecule has 2 saturated carbocycles. The van der Waals surface area contributed by atoms with Crippen LogP contribution in [0.15, 0.2) is 0 Å². The second kappa shape index (κ2) is 3.22. The third-order valence-electron chi connectivity index (χ3n) is 2.93. The Balaban J connectivity index is 1.68. The van der Waals surface area contributed by atoms with Gasteiger partial charge in [-0.05, 0) is 37.0 Å². The molecule has 1 heteroatoms. The Morgan fingerprint density at radius 1 is 0.700 bits per heavy atom. The SMILES string of the molecule is C1CCC(PC2CCC2)C1. The highest BCUT2D eigenvalue weighted by Crippen LogP contribution is 2.44. The summed E-state index contributed by atoms with van der Waals surface area (Å²) in [7, 11) is 1.35. The molecule has 1 atom stereocenters. The highest BCUT2D eigenvalue weighted by atomic mass is 31.1. The first-order chi connectivity index (χ1) is 4.95. The molecule has 0 amide bonds. The van der Waals surface area contributed by atoms with Crippen molar-refractivity contribution >= 4 is 8.58 Å². The minimum atomic E-state index is 1.17. The molecule has 0 aliphatic heterocycles. The molecule has 1 unspecified atom stereocenters. The van der Waals surface area contributed by atoms with Gasteiger partial charge in [0, 0.05) is 0 Å². The fourth-order valence-electron chi connectivity index (χ4n) is 2.00. The molecule has 0 bridgehead atoms. The van der Waals surface area contributed by atoms with Crippen LogP contribution in [0, 0.1) is 0 Å². The van der Waals surface area contributed by atoms with Crippen molar-refractivity contribution in [2.45, 2.75) is 56.3 Å². The molecule has 2 rings (SSSR count). The van der Waals surface area contributed by atoms with Crippen molar-refractivity contribution in [2.75, 3.05) is 0 Å². The van der Waals surface area contributed by atoms with Crippen LogP contribution in [0.5, 0.6) is 0 Å². The van der Waals surface area contributed by atoms with Crippen LogP contribution in [0.2, 0.25) is 0 Å². The fraction of sp³-hybridized carbons (Fsp3) is 1.00. The Bertz CT molecular complexity index is 101. The van der Waals surface area contributed by atoms with Crippen LogP contribution in [-0.4, -0.2) is 11.3 Å². The van der Waals surface area contributed by atoms with Crippen molar-refractivity contribution in [2.24, 2.45) is 0 Å². The van der Waals surface area contributed by atoms with E-state index in [2.05, 4.69) is 0 Å². The zero-order valence-corrected chi connectivity index (χ0v) is 7.60. The van der Waals surface area contributed by atoms with Gasteiger partial charge in [-0.25, -0.2) is 0 Å². The summed E-state index contributed by atoms with van der Waals surface area (Å²) in [5.41, 5.74) is 2.35. The van der Waals surface area contributed by atoms with Gasteiger partial charge in [-0.1, -0.05) is 19.3 Å². The van der Waals surface area contributed by atoms with Crippen molar-refractivity contribution in [1.29, 1.82) is 0 Å². The number of hydrogen-bond acceptors (Lipinski definition) is 0. The summed E-state index contributed by atoms with van der Waals surface area (Å²) in [4.78, 5) is 0. The smallest absolute Gasteiger partial charge is 0.0234 e. The molecule has 2 aliphatic rings. The molecule has 0 saturated heterocycles. The number of rotatable bonds is 2. The Labute approximate surface area is 65.6 Å². The standard InChI is InChI=1S/C9H17P/c1-2-5-8(4-1)10-9-6-3-7-9/h8-10H,1-7H2. The van der Waals surface area contributed by atoms with Gasteiger partial charge in [0.25, 0.3) is 0 Å². The predicted octanol–water partition coefficient (Wildman–Crippen LogP) is 3.16. The molecule has 58 valence electrons. The third kappa shape index (κ3) is 1.53. The van der Waals surface area contributed by atoms with Gasteiger partial charge in [-0.3, -0.25) is 0 Å². The van der Waals surface area contributed by atoms with Crippen LogP contribution >= 0.6 is 8.58 Å². The maximum absolute atomic E-state index is 1.56. The Kier molecular flexibility index (Phi) is 2.28. The van der Waals surface area contributed by atoms with E-state index >= 15 is 0 Å². The molecule has 0 nitrogen and oxygen atoms in total. The second-order valence-electron chi connectivity index (χ2n) is 3.78. The van der Waals surface area contributed by atoms with Gasteiger partial charge in [0.05, 0.1) is 0 Å². The van der Waals surface area contributed by atoms with Crippen LogP contribution in [0.3, 0.4) is 0 Å². The lowest BCUT2D eigenvalue weighted by molar-refractivity contribution is 0.515. The molecular formula is C9H17P. The molecule has 10 heavy (non-hydrogen) atoms. The summed E-state index contributed by atoms with van der Waals surface area (Å²) in [5.74, 6) is 0. The average Bonchev–Trinajstić information content (AvgIpc) is 2.29. The lowest BCUT2D eigenvalue weighted by Gasteiger charge is -2.27. The normalized spacial score (nSPS) is 30.0. The molecule has 0 aromatic carbocycles. The highest BCUT2D eigenvalue weighted by Gasteiger charge is 2.23. The van der Waals surface area contributed by atoms with E-state index in [9.17, 15) is 0 Å². The molecule has 0 radical (unpaired) electrons. The monoisotopic (exact) mass is 156 g/mol. The van der Waals surface area contributed by atoms with E-state index in [1.807, 2.05) is 0 Å². The maximum Gasteiger partial charge on any atom is -0.0234 e. The molecule has 0 spiro atoms. The molecule has 0 aromatic heterocycles. The summed E-state index contributed by atoms with van der Waals surface area (Å²) in [6.45, 7) is 0. The topological polar surface area (TPSA) is 0 Å². The van der Waals surface area contributed by atoms with Crippen molar-refractivity contribution in [1.82, 2.24) is 0 Å². The van der Waals surface area contributed by atoms with E-state index in [0.29, 0.717) is 0 Å². The summed E-state index contributed by atoms with van der Waals surface area (Å²) >= 11 is 0. The van der Waals surface area contributed by atoms with Gasteiger partial charge < -0.3 is 0 Å². The molecule has 0 aromatic rings. The molecule has 2 aliphatic carbocycles. The third-order valence-corrected chi connectivity index (χ3v) is 5.03. The first-order valence-corrected chi connectivity index (χ1v) is 5.87. The zero-order chi connectivity index (χ0) is 6.81. The first-order valence-electron chi connectivity index (χ1n) is 4.71. The Morgan fingerprint density at radius 2 is 1.20 bits per heavy atom. The van der Waals surface area contributed by atoms with E-state index in [1.165, 1.54) is 39.2 Å². The fourth-order valence-corrected chi connectivity index (χ4v) is 4.15. The molecular weight excluding hydrogens is 139 g/mol. The largest absolute Gasteiger partial charge is 0.116 e. The summed E-state index contributed by atoms with van der Waals surface area (Å²) in [5, 5.41) is 0. The zero-order valence-electron chi connectivity index (χ0n) is 6.60. The van der Waals surface area contributed by atoms with Crippen LogP contribution in [0.1, 0.15) is 44.9 Å². The van der Waals surface area contributed by atoms with Crippen LogP contribution < -0.4 is 0 Å². The van der Waals surface area contributed by atoms with E-state index in [0.717, 1.165) is 0 Å². The first kappa shape index (κ1) is 7.10. The molecule has 0 N–H and O–H groups in total. The molecule has 2 fully saturated rings. The Hall–Kier alpha value is 0.430. The van der Waals surface area contributed by atoms with Crippen molar-refractivity contribution < 1.29 is 0 Å². The van der Waals surface area contributed by atoms with Crippen molar-refractivity contribution in [3.63, 3.8) is 0 Å². The maximum atomic E-state index is 1.56. The average molecular weight is 156 g/mol. The second-order valence-corrected chi connectivity index (χ2v) is 5.74. The van der Waals surface area contributed by atoms with E-state index in [-0.39, 0.29) is 0 Å². The summed E-state index contributed by atoms with van der Waals surface area (Å²) in [6, 6.07) is 0. The quantitative estimate of drug-likeness (QED) is 0.539. The van der Waals surface area contributed by atoms with Crippen molar-refractivity contribution in [3.05, 3.63) is 0 Å². The highest BCUT2D eigenvalue weighted by molar-refractivity contribution is 7.39. The summed E-state index contributed by atoms with van der Waals surface area (Å²) < 4.78 is 0. The predicted molar refractivity (Wildman–Crippen MR) is 48.2 cm³/mol. The van der Waals surface area contributed by atoms with Gasteiger partial charge in [0.1, 0.15) is 0 Å². The van der Waals surface area contributed by atoms with E-state index < -0.39 is 0 Å². The van der Waals surface area contributed by atoms with Gasteiger partial charge in [0.2, 0.25) is 0 Å². The van der Waals surface area contributed by atoms with Crippen molar-refractivity contribution in [3.8, 4) is 0 Å². The van der Waals surface area contributed by atoms with E-state index in [4.69, 9.17) is 0 Å². The van der Waals surface area contributed by atoms with Gasteiger partial charge in [-0.2, -0.15) is 0 Å². The van der Waals surface area contributed by atoms with Gasteiger partial charge >= 0.3 is 0 Å². The number of hydrogen-bond donors (Lipinski definition) is 0.